The first-order valence-electron chi connectivity index (χ1n) is 9.34. The van der Waals surface area contributed by atoms with Gasteiger partial charge < -0.3 is 20.7 Å². The molecule has 7 nitrogen and oxygen atoms in total. The molecule has 0 aliphatic rings. The lowest BCUT2D eigenvalue weighted by molar-refractivity contribution is -0.115. The van der Waals surface area contributed by atoms with E-state index in [0.29, 0.717) is 11.3 Å². The van der Waals surface area contributed by atoms with E-state index < -0.39 is 17.6 Å². The lowest BCUT2D eigenvalue weighted by Crippen LogP contribution is -2.37. The van der Waals surface area contributed by atoms with Crippen molar-refractivity contribution in [3.63, 3.8) is 0 Å². The number of benzene rings is 2. The van der Waals surface area contributed by atoms with Crippen molar-refractivity contribution in [2.45, 2.75) is 39.8 Å². The molecule has 0 spiro atoms. The fraction of sp³-hybridized carbons (Fsp3) is 0.318. The van der Waals surface area contributed by atoms with Crippen LogP contribution in [0, 0.1) is 6.92 Å². The summed E-state index contributed by atoms with van der Waals surface area (Å²) in [5.74, 6) is -0.579. The van der Waals surface area contributed by atoms with E-state index in [0.717, 1.165) is 11.1 Å². The van der Waals surface area contributed by atoms with E-state index >= 15 is 0 Å². The Morgan fingerprint density at radius 1 is 0.931 bits per heavy atom. The monoisotopic (exact) mass is 397 g/mol. The summed E-state index contributed by atoms with van der Waals surface area (Å²) >= 11 is 0. The number of amides is 3. The Morgan fingerprint density at radius 2 is 1.59 bits per heavy atom. The van der Waals surface area contributed by atoms with Gasteiger partial charge in [-0.05, 0) is 51.0 Å². The fourth-order valence-corrected chi connectivity index (χ4v) is 2.56. The molecule has 2 rings (SSSR count). The highest BCUT2D eigenvalue weighted by Gasteiger charge is 2.17. The lowest BCUT2D eigenvalue weighted by atomic mass is 10.1. The Balaban J connectivity index is 1.93. The van der Waals surface area contributed by atoms with Crippen LogP contribution in [0.1, 0.15) is 42.3 Å². The van der Waals surface area contributed by atoms with Crippen molar-refractivity contribution < 1.29 is 19.1 Å². The number of hydrogen-bond donors (Lipinski definition) is 3. The summed E-state index contributed by atoms with van der Waals surface area (Å²) in [5.41, 5.74) is 2.17. The lowest BCUT2D eigenvalue weighted by Gasteiger charge is -2.19. The molecule has 0 heterocycles. The van der Waals surface area contributed by atoms with Crippen molar-refractivity contribution in [3.8, 4) is 0 Å². The average Bonchev–Trinajstić information content (AvgIpc) is 2.64. The summed E-state index contributed by atoms with van der Waals surface area (Å²) in [4.78, 5) is 36.2. The van der Waals surface area contributed by atoms with E-state index in [9.17, 15) is 14.4 Å². The zero-order valence-electron chi connectivity index (χ0n) is 17.2. The molecule has 0 atom stereocenters. The van der Waals surface area contributed by atoms with Gasteiger partial charge in [0, 0.05) is 17.8 Å². The molecule has 0 aliphatic heterocycles. The number of rotatable bonds is 6. The first-order chi connectivity index (χ1) is 13.7. The van der Waals surface area contributed by atoms with Gasteiger partial charge in [-0.15, -0.1) is 0 Å². The highest BCUT2D eigenvalue weighted by Crippen LogP contribution is 2.15. The Bertz CT molecular complexity index is 888. The molecule has 29 heavy (non-hydrogen) atoms. The Kier molecular flexibility index (Phi) is 7.36. The van der Waals surface area contributed by atoms with Crippen molar-refractivity contribution in [2.24, 2.45) is 0 Å². The summed E-state index contributed by atoms with van der Waals surface area (Å²) in [5, 5.41) is 8.02. The third-order valence-corrected chi connectivity index (χ3v) is 3.91. The molecule has 0 saturated carbocycles. The van der Waals surface area contributed by atoms with E-state index in [1.807, 2.05) is 37.3 Å². The summed E-state index contributed by atoms with van der Waals surface area (Å²) in [6, 6.07) is 14.5. The molecular weight excluding hydrogens is 370 g/mol. The molecule has 7 heteroatoms. The van der Waals surface area contributed by atoms with Crippen molar-refractivity contribution in [3.05, 3.63) is 65.2 Å². The quantitative estimate of drug-likeness (QED) is 0.696. The van der Waals surface area contributed by atoms with E-state index in [4.69, 9.17) is 4.74 Å². The minimum atomic E-state index is -0.661. The van der Waals surface area contributed by atoms with Gasteiger partial charge in [-0.25, -0.2) is 4.79 Å². The maximum absolute atomic E-state index is 12.4. The number of anilines is 1. The van der Waals surface area contributed by atoms with Gasteiger partial charge in [0.2, 0.25) is 5.91 Å². The number of carbonyl (C=O) groups excluding carboxylic acids is 3. The van der Waals surface area contributed by atoms with Crippen LogP contribution in [0.3, 0.4) is 0 Å². The standard InChI is InChI=1S/C22H27N3O4/c1-15-9-5-7-11-17(15)20(27)23-13-16-10-6-8-12-18(16)25-19(26)14-24-21(28)29-22(2,3)4/h5-12H,13-14H2,1-4H3,(H,23,27)(H,24,28)(H,25,26). The Hall–Kier alpha value is -3.35. The Labute approximate surface area is 170 Å². The molecule has 2 aromatic rings. The molecule has 0 radical (unpaired) electrons. The summed E-state index contributed by atoms with van der Waals surface area (Å²) in [6.07, 6.45) is -0.661. The molecule has 0 fully saturated rings. The van der Waals surface area contributed by atoms with Crippen LogP contribution in [-0.4, -0.2) is 30.1 Å². The van der Waals surface area contributed by atoms with E-state index in [1.165, 1.54) is 0 Å². The van der Waals surface area contributed by atoms with Gasteiger partial charge in [0.1, 0.15) is 12.1 Å². The molecule has 0 bridgehead atoms. The van der Waals surface area contributed by atoms with Crippen LogP contribution in [0.5, 0.6) is 0 Å². The topological polar surface area (TPSA) is 96.5 Å². The number of alkyl carbamates (subject to hydrolysis) is 1. The fourth-order valence-electron chi connectivity index (χ4n) is 2.56. The number of para-hydroxylation sites is 1. The average molecular weight is 397 g/mol. The third-order valence-electron chi connectivity index (χ3n) is 3.91. The molecule has 3 N–H and O–H groups in total. The molecule has 2 aromatic carbocycles. The minimum absolute atomic E-state index is 0.184. The van der Waals surface area contributed by atoms with Crippen molar-refractivity contribution in [1.29, 1.82) is 0 Å². The second-order valence-corrected chi connectivity index (χ2v) is 7.56. The first-order valence-corrected chi connectivity index (χ1v) is 9.34. The molecule has 3 amide bonds. The number of carbonyl (C=O) groups is 3. The maximum Gasteiger partial charge on any atom is 0.408 e. The summed E-state index contributed by atoms with van der Waals surface area (Å²) in [6.45, 7) is 7.14. The molecule has 0 unspecified atom stereocenters. The zero-order valence-corrected chi connectivity index (χ0v) is 17.2. The predicted octanol–water partition coefficient (Wildman–Crippen LogP) is 3.39. The van der Waals surface area contributed by atoms with Crippen LogP contribution in [0.4, 0.5) is 10.5 Å². The normalized spacial score (nSPS) is 10.8. The van der Waals surface area contributed by atoms with Crippen LogP contribution in [0.2, 0.25) is 0 Å². The molecule has 0 aromatic heterocycles. The number of hydrogen-bond acceptors (Lipinski definition) is 4. The van der Waals surface area contributed by atoms with E-state index in [2.05, 4.69) is 16.0 Å². The van der Waals surface area contributed by atoms with Gasteiger partial charge in [-0.1, -0.05) is 36.4 Å². The molecule has 154 valence electrons. The van der Waals surface area contributed by atoms with Crippen LogP contribution in [-0.2, 0) is 16.1 Å². The SMILES string of the molecule is Cc1ccccc1C(=O)NCc1ccccc1NC(=O)CNC(=O)OC(C)(C)C. The van der Waals surface area contributed by atoms with E-state index in [1.54, 1.807) is 39.0 Å². The van der Waals surface area contributed by atoms with Crippen LogP contribution < -0.4 is 16.0 Å². The van der Waals surface area contributed by atoms with Gasteiger partial charge >= 0.3 is 6.09 Å². The van der Waals surface area contributed by atoms with Crippen molar-refractivity contribution >= 4 is 23.6 Å². The third kappa shape index (κ3) is 7.29. The van der Waals surface area contributed by atoms with Crippen LogP contribution >= 0.6 is 0 Å². The van der Waals surface area contributed by atoms with Crippen molar-refractivity contribution in [2.75, 3.05) is 11.9 Å². The summed E-state index contributed by atoms with van der Waals surface area (Å²) < 4.78 is 5.10. The first kappa shape index (κ1) is 21.9. The van der Waals surface area contributed by atoms with Gasteiger partial charge in [0.05, 0.1) is 0 Å². The predicted molar refractivity (Wildman–Crippen MR) is 112 cm³/mol. The van der Waals surface area contributed by atoms with E-state index in [-0.39, 0.29) is 19.0 Å². The van der Waals surface area contributed by atoms with Gasteiger partial charge in [-0.2, -0.15) is 0 Å². The van der Waals surface area contributed by atoms with Crippen LogP contribution in [0.15, 0.2) is 48.5 Å². The molecular formula is C22H27N3O4. The number of ether oxygens (including phenoxy) is 1. The van der Waals surface area contributed by atoms with Gasteiger partial charge in [0.25, 0.3) is 5.91 Å². The van der Waals surface area contributed by atoms with Gasteiger partial charge in [-0.3, -0.25) is 9.59 Å². The maximum atomic E-state index is 12.4. The smallest absolute Gasteiger partial charge is 0.408 e. The number of aryl methyl sites for hydroxylation is 1. The highest BCUT2D eigenvalue weighted by molar-refractivity contribution is 5.96. The molecule has 0 saturated heterocycles. The summed E-state index contributed by atoms with van der Waals surface area (Å²) in [7, 11) is 0. The highest BCUT2D eigenvalue weighted by atomic mass is 16.6. The number of nitrogens with one attached hydrogen (secondary N) is 3. The zero-order chi connectivity index (χ0) is 21.4. The Morgan fingerprint density at radius 3 is 2.28 bits per heavy atom. The second-order valence-electron chi connectivity index (χ2n) is 7.56. The largest absolute Gasteiger partial charge is 0.444 e. The van der Waals surface area contributed by atoms with Crippen molar-refractivity contribution in [1.82, 2.24) is 10.6 Å². The van der Waals surface area contributed by atoms with Gasteiger partial charge in [0.15, 0.2) is 0 Å². The molecule has 0 aliphatic carbocycles. The minimum Gasteiger partial charge on any atom is -0.444 e. The second kappa shape index (κ2) is 9.73. The van der Waals surface area contributed by atoms with Crippen LogP contribution in [0.25, 0.3) is 0 Å².